The molecule has 0 atom stereocenters. The maximum absolute atomic E-state index is 4.58. The van der Waals surface area contributed by atoms with Gasteiger partial charge in [0, 0.05) is 19.2 Å². The van der Waals surface area contributed by atoms with Crippen molar-refractivity contribution in [2.45, 2.75) is 33.7 Å². The second-order valence-electron chi connectivity index (χ2n) is 4.23. The average molecular weight is 203 g/mol. The number of hydrogen-bond donors (Lipinski definition) is 0. The molecule has 0 aliphatic rings. The summed E-state index contributed by atoms with van der Waals surface area (Å²) in [6, 6.07) is 3.97. The van der Waals surface area contributed by atoms with Gasteiger partial charge in [-0.1, -0.05) is 20.8 Å². The zero-order chi connectivity index (χ0) is 10.8. The lowest BCUT2D eigenvalue weighted by Gasteiger charge is -2.09. The van der Waals surface area contributed by atoms with E-state index in [2.05, 4.69) is 35.3 Å². The molecule has 0 aliphatic heterocycles. The summed E-state index contributed by atoms with van der Waals surface area (Å²) in [6.45, 7) is 7.57. The van der Waals surface area contributed by atoms with Crippen LogP contribution in [-0.2, 0) is 13.0 Å². The number of nitrogens with zero attached hydrogens (tertiary/aromatic N) is 3. The number of hydrogen-bond acceptors (Lipinski definition) is 2. The van der Waals surface area contributed by atoms with Crippen LogP contribution >= 0.6 is 0 Å². The molecule has 0 unspecified atom stereocenters. The first-order valence-corrected chi connectivity index (χ1v) is 5.52. The predicted molar refractivity (Wildman–Crippen MR) is 61.7 cm³/mol. The monoisotopic (exact) mass is 203 g/mol. The summed E-state index contributed by atoms with van der Waals surface area (Å²) < 4.78 is 2.24. The molecule has 0 saturated carbocycles. The zero-order valence-corrected chi connectivity index (χ0v) is 9.57. The third-order valence-electron chi connectivity index (χ3n) is 2.45. The van der Waals surface area contributed by atoms with Gasteiger partial charge in [0.05, 0.1) is 0 Å². The Labute approximate surface area is 90.2 Å². The molecule has 0 amide bonds. The summed E-state index contributed by atoms with van der Waals surface area (Å²) in [5.74, 6) is 1.76. The second kappa shape index (κ2) is 4.01. The summed E-state index contributed by atoms with van der Waals surface area (Å²) in [7, 11) is 0. The molecule has 0 aliphatic carbocycles. The minimum atomic E-state index is 0.620. The largest absolute Gasteiger partial charge is 0.312 e. The highest BCUT2D eigenvalue weighted by atomic mass is 15.1. The molecule has 15 heavy (non-hydrogen) atoms. The number of imidazole rings is 1. The molecule has 2 aromatic rings. The van der Waals surface area contributed by atoms with Crippen LogP contribution in [0.15, 0.2) is 18.3 Å². The molecule has 0 fully saturated rings. The highest BCUT2D eigenvalue weighted by molar-refractivity contribution is 5.71. The van der Waals surface area contributed by atoms with Crippen molar-refractivity contribution in [2.75, 3.05) is 0 Å². The first-order chi connectivity index (χ1) is 7.22. The molecule has 2 heterocycles. The van der Waals surface area contributed by atoms with Crippen LogP contribution in [0.5, 0.6) is 0 Å². The predicted octanol–water partition coefficient (Wildman–Crippen LogP) is 2.65. The van der Waals surface area contributed by atoms with E-state index in [1.165, 1.54) is 0 Å². The van der Waals surface area contributed by atoms with E-state index in [1.807, 2.05) is 18.3 Å². The lowest BCUT2D eigenvalue weighted by Crippen LogP contribution is -2.08. The van der Waals surface area contributed by atoms with E-state index < -0.39 is 0 Å². The van der Waals surface area contributed by atoms with Crippen molar-refractivity contribution in [1.29, 1.82) is 0 Å². The van der Waals surface area contributed by atoms with Crippen LogP contribution in [0.4, 0.5) is 0 Å². The van der Waals surface area contributed by atoms with Gasteiger partial charge in [0.15, 0.2) is 5.65 Å². The Hall–Kier alpha value is -1.38. The van der Waals surface area contributed by atoms with Gasteiger partial charge in [0.2, 0.25) is 0 Å². The van der Waals surface area contributed by atoms with Gasteiger partial charge in [-0.05, 0) is 18.1 Å². The summed E-state index contributed by atoms with van der Waals surface area (Å²) in [5.41, 5.74) is 2.03. The van der Waals surface area contributed by atoms with Gasteiger partial charge >= 0.3 is 0 Å². The van der Waals surface area contributed by atoms with Gasteiger partial charge in [0.1, 0.15) is 11.3 Å². The fourth-order valence-electron chi connectivity index (χ4n) is 1.83. The molecule has 0 N–H and O–H groups in total. The van der Waals surface area contributed by atoms with E-state index in [4.69, 9.17) is 0 Å². The molecule has 3 nitrogen and oxygen atoms in total. The quantitative estimate of drug-likeness (QED) is 0.767. The Morgan fingerprint density at radius 1 is 1.40 bits per heavy atom. The molecular weight excluding hydrogens is 186 g/mol. The van der Waals surface area contributed by atoms with Crippen molar-refractivity contribution in [1.82, 2.24) is 14.5 Å². The molecule has 2 aromatic heterocycles. The van der Waals surface area contributed by atoms with Gasteiger partial charge in [0.25, 0.3) is 0 Å². The SMILES string of the molecule is CCc1nc2cccnc2n1CC(C)C. The van der Waals surface area contributed by atoms with Crippen LogP contribution in [0.3, 0.4) is 0 Å². The first kappa shape index (κ1) is 10.1. The van der Waals surface area contributed by atoms with E-state index >= 15 is 0 Å². The topological polar surface area (TPSA) is 30.7 Å². The Bertz CT molecular complexity index is 457. The smallest absolute Gasteiger partial charge is 0.159 e. The van der Waals surface area contributed by atoms with Crippen LogP contribution in [0.2, 0.25) is 0 Å². The summed E-state index contributed by atoms with van der Waals surface area (Å²) in [5, 5.41) is 0. The van der Waals surface area contributed by atoms with Crippen LogP contribution in [0.25, 0.3) is 11.2 Å². The highest BCUT2D eigenvalue weighted by Gasteiger charge is 2.10. The highest BCUT2D eigenvalue weighted by Crippen LogP contribution is 2.15. The van der Waals surface area contributed by atoms with Crippen LogP contribution in [0.1, 0.15) is 26.6 Å². The molecule has 80 valence electrons. The van der Waals surface area contributed by atoms with Gasteiger partial charge in [-0.25, -0.2) is 9.97 Å². The van der Waals surface area contributed by atoms with Gasteiger partial charge in [-0.15, -0.1) is 0 Å². The average Bonchev–Trinajstić information content (AvgIpc) is 2.56. The minimum Gasteiger partial charge on any atom is -0.312 e. The standard InChI is InChI=1S/C12H17N3/c1-4-11-14-10-6-5-7-13-12(10)15(11)8-9(2)3/h5-7,9H,4,8H2,1-3H3. The zero-order valence-electron chi connectivity index (χ0n) is 9.57. The van der Waals surface area contributed by atoms with Gasteiger partial charge < -0.3 is 4.57 Å². The summed E-state index contributed by atoms with van der Waals surface area (Å²) in [4.78, 5) is 8.99. The summed E-state index contributed by atoms with van der Waals surface area (Å²) in [6.07, 6.45) is 2.80. The maximum atomic E-state index is 4.58. The summed E-state index contributed by atoms with van der Waals surface area (Å²) >= 11 is 0. The fraction of sp³-hybridized carbons (Fsp3) is 0.500. The van der Waals surface area contributed by atoms with Crippen molar-refractivity contribution in [3.63, 3.8) is 0 Å². The molecular formula is C12H17N3. The molecule has 0 radical (unpaired) electrons. The van der Waals surface area contributed by atoms with Crippen molar-refractivity contribution in [2.24, 2.45) is 5.92 Å². The Balaban J connectivity index is 2.56. The third kappa shape index (κ3) is 1.87. The normalized spacial score (nSPS) is 11.5. The molecule has 0 spiro atoms. The molecule has 3 heteroatoms. The van der Waals surface area contributed by atoms with Crippen molar-refractivity contribution in [3.8, 4) is 0 Å². The number of aryl methyl sites for hydroxylation is 1. The molecule has 0 aromatic carbocycles. The van der Waals surface area contributed by atoms with Gasteiger partial charge in [-0.2, -0.15) is 0 Å². The maximum Gasteiger partial charge on any atom is 0.159 e. The molecule has 2 rings (SSSR count). The van der Waals surface area contributed by atoms with E-state index in [9.17, 15) is 0 Å². The number of pyridine rings is 1. The molecule has 0 bridgehead atoms. The number of fused-ring (bicyclic) bond motifs is 1. The van der Waals surface area contributed by atoms with Crippen molar-refractivity contribution in [3.05, 3.63) is 24.2 Å². The van der Waals surface area contributed by atoms with Crippen molar-refractivity contribution >= 4 is 11.2 Å². The lowest BCUT2D eigenvalue weighted by molar-refractivity contribution is 0.516. The molecule has 0 saturated heterocycles. The fourth-order valence-corrected chi connectivity index (χ4v) is 1.83. The van der Waals surface area contributed by atoms with Gasteiger partial charge in [-0.3, -0.25) is 0 Å². The number of rotatable bonds is 3. The van der Waals surface area contributed by atoms with E-state index in [0.29, 0.717) is 5.92 Å². The van der Waals surface area contributed by atoms with Crippen LogP contribution in [-0.4, -0.2) is 14.5 Å². The minimum absolute atomic E-state index is 0.620. The van der Waals surface area contributed by atoms with E-state index in [-0.39, 0.29) is 0 Å². The number of aromatic nitrogens is 3. The van der Waals surface area contributed by atoms with Crippen LogP contribution in [0, 0.1) is 5.92 Å². The third-order valence-corrected chi connectivity index (χ3v) is 2.45. The first-order valence-electron chi connectivity index (χ1n) is 5.52. The van der Waals surface area contributed by atoms with E-state index in [0.717, 1.165) is 30.0 Å². The Morgan fingerprint density at radius 2 is 2.20 bits per heavy atom. The Morgan fingerprint density at radius 3 is 2.87 bits per heavy atom. The van der Waals surface area contributed by atoms with Crippen molar-refractivity contribution < 1.29 is 0 Å². The lowest BCUT2D eigenvalue weighted by atomic mass is 10.2. The Kier molecular flexibility index (Phi) is 2.71. The van der Waals surface area contributed by atoms with Crippen LogP contribution < -0.4 is 0 Å². The second-order valence-corrected chi connectivity index (χ2v) is 4.23. The van der Waals surface area contributed by atoms with E-state index in [1.54, 1.807) is 0 Å².